The molecule has 2 aromatic rings. The number of nitrogens with zero attached hydrogens (tertiary/aromatic N) is 1. The minimum absolute atomic E-state index is 0.366. The van der Waals surface area contributed by atoms with E-state index in [2.05, 4.69) is 48.4 Å². The molecule has 0 aliphatic heterocycles. The van der Waals surface area contributed by atoms with Crippen molar-refractivity contribution in [2.24, 2.45) is 5.41 Å². The van der Waals surface area contributed by atoms with Gasteiger partial charge in [0.05, 0.1) is 16.3 Å². The molecule has 1 heterocycles. The molecule has 2 nitrogen and oxygen atoms in total. The van der Waals surface area contributed by atoms with Gasteiger partial charge in [-0.2, -0.15) is 0 Å². The molecule has 1 fully saturated rings. The van der Waals surface area contributed by atoms with Crippen LogP contribution >= 0.6 is 11.3 Å². The number of nitrogens with one attached hydrogen (secondary N) is 1. The van der Waals surface area contributed by atoms with Crippen molar-refractivity contribution in [2.45, 2.75) is 32.7 Å². The first kappa shape index (κ1) is 11.2. The summed E-state index contributed by atoms with van der Waals surface area (Å²) in [5, 5.41) is 4.81. The van der Waals surface area contributed by atoms with Crippen molar-refractivity contribution in [1.82, 2.24) is 10.3 Å². The second kappa shape index (κ2) is 4.07. The van der Waals surface area contributed by atoms with Crippen LogP contribution in [0.3, 0.4) is 0 Å². The quantitative estimate of drug-likeness (QED) is 0.888. The Morgan fingerprint density at radius 3 is 2.88 bits per heavy atom. The van der Waals surface area contributed by atoms with Gasteiger partial charge in [0.1, 0.15) is 5.01 Å². The van der Waals surface area contributed by atoms with Crippen molar-refractivity contribution < 1.29 is 0 Å². The van der Waals surface area contributed by atoms with Gasteiger partial charge < -0.3 is 5.32 Å². The number of rotatable bonds is 4. The molecule has 17 heavy (non-hydrogen) atoms. The smallest absolute Gasteiger partial charge is 0.111 e. The number of hydrogen-bond donors (Lipinski definition) is 1. The Bertz CT molecular complexity index is 495. The van der Waals surface area contributed by atoms with E-state index in [-0.39, 0.29) is 0 Å². The van der Waals surface area contributed by atoms with Gasteiger partial charge in [-0.05, 0) is 37.3 Å². The van der Waals surface area contributed by atoms with E-state index >= 15 is 0 Å². The molecule has 1 saturated carbocycles. The van der Waals surface area contributed by atoms with Gasteiger partial charge in [0.15, 0.2) is 0 Å². The number of fused-ring (bicyclic) bond motifs is 1. The zero-order valence-electron chi connectivity index (χ0n) is 10.4. The highest BCUT2D eigenvalue weighted by Crippen LogP contribution is 2.44. The summed E-state index contributed by atoms with van der Waals surface area (Å²) in [5.74, 6) is 0. The van der Waals surface area contributed by atoms with E-state index in [0.717, 1.165) is 12.1 Å². The summed E-state index contributed by atoms with van der Waals surface area (Å²) < 4.78 is 1.29. The highest BCUT2D eigenvalue weighted by atomic mass is 32.1. The van der Waals surface area contributed by atoms with E-state index in [4.69, 9.17) is 0 Å². The fourth-order valence-electron chi connectivity index (χ4n) is 1.95. The maximum atomic E-state index is 4.69. The van der Waals surface area contributed by atoms with E-state index in [9.17, 15) is 0 Å². The van der Waals surface area contributed by atoms with E-state index in [1.165, 1.54) is 22.5 Å². The van der Waals surface area contributed by atoms with Gasteiger partial charge in [-0.15, -0.1) is 11.3 Å². The molecule has 1 atom stereocenters. The highest BCUT2D eigenvalue weighted by Gasteiger charge is 2.37. The molecular weight excluding hydrogens is 228 g/mol. The molecule has 1 aliphatic rings. The normalized spacial score (nSPS) is 19.4. The lowest BCUT2D eigenvalue weighted by Crippen LogP contribution is -2.25. The Hall–Kier alpha value is -0.930. The van der Waals surface area contributed by atoms with Crippen LogP contribution in [-0.4, -0.2) is 11.5 Å². The van der Waals surface area contributed by atoms with Gasteiger partial charge in [-0.25, -0.2) is 4.98 Å². The van der Waals surface area contributed by atoms with Crippen LogP contribution < -0.4 is 5.32 Å². The number of hydrogen-bond acceptors (Lipinski definition) is 3. The van der Waals surface area contributed by atoms with E-state index in [1.54, 1.807) is 11.3 Å². The van der Waals surface area contributed by atoms with Gasteiger partial charge in [-0.3, -0.25) is 0 Å². The van der Waals surface area contributed by atoms with Crippen molar-refractivity contribution in [3.05, 3.63) is 29.3 Å². The molecule has 1 aromatic heterocycles. The molecule has 0 saturated heterocycles. The van der Waals surface area contributed by atoms with Crippen molar-refractivity contribution in [1.29, 1.82) is 0 Å². The van der Waals surface area contributed by atoms with Gasteiger partial charge in [0, 0.05) is 6.54 Å². The Morgan fingerprint density at radius 2 is 2.18 bits per heavy atom. The largest absolute Gasteiger partial charge is 0.308 e. The molecule has 1 N–H and O–H groups in total. The van der Waals surface area contributed by atoms with Crippen molar-refractivity contribution in [2.75, 3.05) is 6.54 Å². The SMILES string of the molecule is CC(NCC1(C)CC1)c1nc2ccccc2s1. The second-order valence-corrected chi connectivity index (χ2v) is 6.50. The summed E-state index contributed by atoms with van der Waals surface area (Å²) >= 11 is 1.80. The molecule has 0 amide bonds. The topological polar surface area (TPSA) is 24.9 Å². The third-order valence-corrected chi connectivity index (χ3v) is 4.84. The summed E-state index contributed by atoms with van der Waals surface area (Å²) in [6.45, 7) is 5.68. The third kappa shape index (κ3) is 2.35. The fourth-order valence-corrected chi connectivity index (χ4v) is 2.95. The van der Waals surface area contributed by atoms with Crippen LogP contribution in [-0.2, 0) is 0 Å². The minimum atomic E-state index is 0.366. The van der Waals surface area contributed by atoms with Crippen molar-refractivity contribution >= 4 is 21.6 Å². The monoisotopic (exact) mass is 246 g/mol. The lowest BCUT2D eigenvalue weighted by Gasteiger charge is -2.14. The van der Waals surface area contributed by atoms with Crippen molar-refractivity contribution in [3.8, 4) is 0 Å². The molecule has 1 unspecified atom stereocenters. The van der Waals surface area contributed by atoms with Crippen LogP contribution in [0.1, 0.15) is 37.7 Å². The lowest BCUT2D eigenvalue weighted by molar-refractivity contribution is 0.457. The predicted octanol–water partition coefficient (Wildman–Crippen LogP) is 3.75. The predicted molar refractivity (Wildman–Crippen MR) is 73.4 cm³/mol. The first-order valence-corrected chi connectivity index (χ1v) is 7.07. The molecule has 3 heteroatoms. The third-order valence-electron chi connectivity index (χ3n) is 3.62. The lowest BCUT2D eigenvalue weighted by atomic mass is 10.1. The minimum Gasteiger partial charge on any atom is -0.308 e. The average molecular weight is 246 g/mol. The highest BCUT2D eigenvalue weighted by molar-refractivity contribution is 7.18. The Balaban J connectivity index is 1.73. The van der Waals surface area contributed by atoms with Crippen LogP contribution in [0.5, 0.6) is 0 Å². The summed E-state index contributed by atoms with van der Waals surface area (Å²) in [5.41, 5.74) is 1.68. The van der Waals surface area contributed by atoms with E-state index < -0.39 is 0 Å². The summed E-state index contributed by atoms with van der Waals surface area (Å²) in [4.78, 5) is 4.69. The Kier molecular flexibility index (Phi) is 2.68. The summed E-state index contributed by atoms with van der Waals surface area (Å²) in [6, 6.07) is 8.73. The van der Waals surface area contributed by atoms with Gasteiger partial charge in [0.25, 0.3) is 0 Å². The van der Waals surface area contributed by atoms with E-state index in [1.807, 2.05) is 0 Å². The molecule has 0 spiro atoms. The van der Waals surface area contributed by atoms with Crippen molar-refractivity contribution in [3.63, 3.8) is 0 Å². The van der Waals surface area contributed by atoms with Crippen LogP contribution in [0, 0.1) is 5.41 Å². The maximum absolute atomic E-state index is 4.69. The zero-order valence-corrected chi connectivity index (χ0v) is 11.2. The standard InChI is InChI=1S/C14H18N2S/c1-10(15-9-14(2)7-8-14)13-16-11-5-3-4-6-12(11)17-13/h3-6,10,15H,7-9H2,1-2H3. The first-order chi connectivity index (χ1) is 8.16. The molecule has 3 rings (SSSR count). The van der Waals surface area contributed by atoms with Gasteiger partial charge in [-0.1, -0.05) is 19.1 Å². The molecule has 90 valence electrons. The summed E-state index contributed by atoms with van der Waals surface area (Å²) in [6.07, 6.45) is 2.74. The van der Waals surface area contributed by atoms with Crippen LogP contribution in [0.2, 0.25) is 0 Å². The van der Waals surface area contributed by atoms with Gasteiger partial charge in [0.2, 0.25) is 0 Å². The molecule has 0 radical (unpaired) electrons. The Labute approximate surface area is 106 Å². The van der Waals surface area contributed by atoms with Crippen LogP contribution in [0.25, 0.3) is 10.2 Å². The first-order valence-electron chi connectivity index (χ1n) is 6.25. The maximum Gasteiger partial charge on any atom is 0.111 e. The molecule has 1 aliphatic carbocycles. The fraction of sp³-hybridized carbons (Fsp3) is 0.500. The number of benzene rings is 1. The van der Waals surface area contributed by atoms with E-state index in [0.29, 0.717) is 11.5 Å². The number of para-hydroxylation sites is 1. The number of aromatic nitrogens is 1. The average Bonchev–Trinajstić information content (AvgIpc) is 2.92. The number of thiazole rings is 1. The van der Waals surface area contributed by atoms with Gasteiger partial charge >= 0.3 is 0 Å². The molecular formula is C14H18N2S. The van der Waals surface area contributed by atoms with Crippen LogP contribution in [0.4, 0.5) is 0 Å². The summed E-state index contributed by atoms with van der Waals surface area (Å²) in [7, 11) is 0. The molecule has 1 aromatic carbocycles. The zero-order chi connectivity index (χ0) is 11.9. The second-order valence-electron chi connectivity index (χ2n) is 5.43. The Morgan fingerprint density at radius 1 is 1.41 bits per heavy atom. The molecule has 0 bridgehead atoms. The van der Waals surface area contributed by atoms with Crippen LogP contribution in [0.15, 0.2) is 24.3 Å².